The Hall–Kier alpha value is -2.07. The molecular formula is C19H24N2OS. The van der Waals surface area contributed by atoms with Gasteiger partial charge in [-0.2, -0.15) is 0 Å². The Morgan fingerprint density at radius 3 is 2.87 bits per heavy atom. The van der Waals surface area contributed by atoms with E-state index in [1.54, 1.807) is 17.4 Å². The smallest absolute Gasteiger partial charge is 0.245 e. The molecule has 23 heavy (non-hydrogen) atoms. The lowest BCUT2D eigenvalue weighted by molar-refractivity contribution is -0.131. The van der Waals surface area contributed by atoms with E-state index in [-0.39, 0.29) is 11.9 Å². The molecule has 1 unspecified atom stereocenters. The number of nitrogens with one attached hydrogen (secondary N) is 1. The Morgan fingerprint density at radius 1 is 1.39 bits per heavy atom. The van der Waals surface area contributed by atoms with Crippen molar-refractivity contribution in [2.75, 3.05) is 11.9 Å². The highest BCUT2D eigenvalue weighted by Gasteiger charge is 2.20. The minimum atomic E-state index is -0.276. The van der Waals surface area contributed by atoms with Crippen LogP contribution in [-0.2, 0) is 17.8 Å². The summed E-state index contributed by atoms with van der Waals surface area (Å²) >= 11 is 1.67. The van der Waals surface area contributed by atoms with Gasteiger partial charge in [-0.25, -0.2) is 0 Å². The van der Waals surface area contributed by atoms with Crippen LogP contribution < -0.4 is 5.32 Å². The van der Waals surface area contributed by atoms with E-state index in [4.69, 9.17) is 0 Å². The molecule has 1 heterocycles. The first-order chi connectivity index (χ1) is 11.1. The van der Waals surface area contributed by atoms with Crippen molar-refractivity contribution in [1.29, 1.82) is 0 Å². The van der Waals surface area contributed by atoms with E-state index in [1.165, 1.54) is 10.4 Å². The molecule has 0 aliphatic heterocycles. The standard InChI is InChI=1S/C19H24N2OS/c1-4-11-21(14-18-10-7-12-23-18)19(22)15(3)20-17-9-6-8-16(5-2)13-17/h4,6-10,12-13,15,20H,1,5,11,14H2,2-3H3. The maximum atomic E-state index is 12.7. The number of hydrogen-bond donors (Lipinski definition) is 1. The summed E-state index contributed by atoms with van der Waals surface area (Å²) in [4.78, 5) is 15.8. The van der Waals surface area contributed by atoms with Gasteiger partial charge in [-0.15, -0.1) is 17.9 Å². The van der Waals surface area contributed by atoms with Crippen LogP contribution in [0.15, 0.2) is 54.4 Å². The number of thiophene rings is 1. The third-order valence-electron chi connectivity index (χ3n) is 3.68. The summed E-state index contributed by atoms with van der Waals surface area (Å²) < 4.78 is 0. The second-order valence-electron chi connectivity index (χ2n) is 5.51. The summed E-state index contributed by atoms with van der Waals surface area (Å²) in [6, 6.07) is 12.0. The van der Waals surface area contributed by atoms with Crippen molar-refractivity contribution in [3.8, 4) is 0 Å². The minimum Gasteiger partial charge on any atom is -0.374 e. The molecule has 0 aliphatic rings. The number of carbonyl (C=O) groups excluding carboxylic acids is 1. The molecule has 1 amide bonds. The number of anilines is 1. The maximum absolute atomic E-state index is 12.7. The normalized spacial score (nSPS) is 11.7. The molecule has 0 saturated heterocycles. The molecule has 4 heteroatoms. The SMILES string of the molecule is C=CCN(Cc1cccs1)C(=O)C(C)Nc1cccc(CC)c1. The number of nitrogens with zero attached hydrogens (tertiary/aromatic N) is 1. The number of hydrogen-bond acceptors (Lipinski definition) is 3. The van der Waals surface area contributed by atoms with Gasteiger partial charge in [-0.05, 0) is 42.5 Å². The van der Waals surface area contributed by atoms with Gasteiger partial charge >= 0.3 is 0 Å². The van der Waals surface area contributed by atoms with Crippen LogP contribution in [0.25, 0.3) is 0 Å². The molecule has 1 aromatic heterocycles. The number of aryl methyl sites for hydroxylation is 1. The monoisotopic (exact) mass is 328 g/mol. The molecule has 1 N–H and O–H groups in total. The van der Waals surface area contributed by atoms with Crippen LogP contribution in [0.2, 0.25) is 0 Å². The maximum Gasteiger partial charge on any atom is 0.245 e. The van der Waals surface area contributed by atoms with Crippen LogP contribution in [-0.4, -0.2) is 23.4 Å². The second kappa shape index (κ2) is 8.53. The van der Waals surface area contributed by atoms with Gasteiger partial charge in [0.25, 0.3) is 0 Å². The van der Waals surface area contributed by atoms with Crippen LogP contribution in [0.4, 0.5) is 5.69 Å². The number of rotatable bonds is 8. The molecule has 1 atom stereocenters. The quantitative estimate of drug-likeness (QED) is 0.732. The van der Waals surface area contributed by atoms with Gasteiger partial charge in [-0.3, -0.25) is 4.79 Å². The Labute approximate surface area is 142 Å². The Morgan fingerprint density at radius 2 is 2.22 bits per heavy atom. The third kappa shape index (κ3) is 4.96. The molecule has 0 bridgehead atoms. The van der Waals surface area contributed by atoms with Crippen molar-refractivity contribution in [1.82, 2.24) is 4.90 Å². The molecular weight excluding hydrogens is 304 g/mol. The number of benzene rings is 1. The highest BCUT2D eigenvalue weighted by atomic mass is 32.1. The highest BCUT2D eigenvalue weighted by molar-refractivity contribution is 7.09. The van der Waals surface area contributed by atoms with E-state index in [0.29, 0.717) is 13.1 Å². The first kappa shape index (κ1) is 17.3. The van der Waals surface area contributed by atoms with Crippen LogP contribution >= 0.6 is 11.3 Å². The largest absolute Gasteiger partial charge is 0.374 e. The van der Waals surface area contributed by atoms with Crippen molar-refractivity contribution < 1.29 is 4.79 Å². The summed E-state index contributed by atoms with van der Waals surface area (Å²) in [5, 5.41) is 5.34. The summed E-state index contributed by atoms with van der Waals surface area (Å²) in [6.07, 6.45) is 2.76. The predicted molar refractivity (Wildman–Crippen MR) is 98.8 cm³/mol. The number of amides is 1. The summed E-state index contributed by atoms with van der Waals surface area (Å²) in [6.45, 7) is 8.98. The highest BCUT2D eigenvalue weighted by Crippen LogP contribution is 2.16. The molecule has 1 aromatic carbocycles. The summed E-state index contributed by atoms with van der Waals surface area (Å²) in [7, 11) is 0. The molecule has 0 aliphatic carbocycles. The van der Waals surface area contributed by atoms with Crippen molar-refractivity contribution in [3.05, 3.63) is 64.9 Å². The van der Waals surface area contributed by atoms with Gasteiger partial charge in [0, 0.05) is 17.1 Å². The summed E-state index contributed by atoms with van der Waals surface area (Å²) in [5.74, 6) is 0.0835. The van der Waals surface area contributed by atoms with Gasteiger partial charge in [0.2, 0.25) is 5.91 Å². The zero-order valence-corrected chi connectivity index (χ0v) is 14.6. The van der Waals surface area contributed by atoms with Gasteiger partial charge in [-0.1, -0.05) is 31.2 Å². The molecule has 0 spiro atoms. The van der Waals surface area contributed by atoms with Crippen molar-refractivity contribution in [3.63, 3.8) is 0 Å². The molecule has 3 nitrogen and oxygen atoms in total. The molecule has 0 saturated carbocycles. The first-order valence-corrected chi connectivity index (χ1v) is 8.79. The fraction of sp³-hybridized carbons (Fsp3) is 0.316. The molecule has 122 valence electrons. The van der Waals surface area contributed by atoms with E-state index in [0.717, 1.165) is 12.1 Å². The lowest BCUT2D eigenvalue weighted by Gasteiger charge is -2.25. The van der Waals surface area contributed by atoms with Gasteiger partial charge in [0.1, 0.15) is 6.04 Å². The van der Waals surface area contributed by atoms with E-state index in [1.807, 2.05) is 35.4 Å². The molecule has 0 radical (unpaired) electrons. The topological polar surface area (TPSA) is 32.3 Å². The van der Waals surface area contributed by atoms with Crippen molar-refractivity contribution >= 4 is 22.9 Å². The van der Waals surface area contributed by atoms with Crippen molar-refractivity contribution in [2.24, 2.45) is 0 Å². The van der Waals surface area contributed by atoms with E-state index in [9.17, 15) is 4.79 Å². The van der Waals surface area contributed by atoms with Gasteiger partial charge < -0.3 is 10.2 Å². The molecule has 2 aromatic rings. The van der Waals surface area contributed by atoms with E-state index in [2.05, 4.69) is 37.0 Å². The fourth-order valence-electron chi connectivity index (χ4n) is 2.45. The van der Waals surface area contributed by atoms with Crippen LogP contribution in [0.1, 0.15) is 24.3 Å². The van der Waals surface area contributed by atoms with E-state index >= 15 is 0 Å². The Bertz CT molecular complexity index is 637. The Kier molecular flexibility index (Phi) is 6.41. The van der Waals surface area contributed by atoms with Gasteiger partial charge in [0.15, 0.2) is 0 Å². The Balaban J connectivity index is 2.04. The molecule has 0 fully saturated rings. The third-order valence-corrected chi connectivity index (χ3v) is 4.54. The predicted octanol–water partition coefficient (Wildman–Crippen LogP) is 4.33. The van der Waals surface area contributed by atoms with Crippen LogP contribution in [0, 0.1) is 0 Å². The lowest BCUT2D eigenvalue weighted by Crippen LogP contribution is -2.41. The molecule has 2 rings (SSSR count). The first-order valence-electron chi connectivity index (χ1n) is 7.91. The lowest BCUT2D eigenvalue weighted by atomic mass is 10.1. The zero-order chi connectivity index (χ0) is 16.7. The summed E-state index contributed by atoms with van der Waals surface area (Å²) in [5.41, 5.74) is 2.25. The fourth-order valence-corrected chi connectivity index (χ4v) is 3.16. The average Bonchev–Trinajstić information content (AvgIpc) is 3.07. The number of carbonyl (C=O) groups is 1. The minimum absolute atomic E-state index is 0.0835. The van der Waals surface area contributed by atoms with E-state index < -0.39 is 0 Å². The van der Waals surface area contributed by atoms with Crippen LogP contribution in [0.3, 0.4) is 0 Å². The van der Waals surface area contributed by atoms with Crippen molar-refractivity contribution in [2.45, 2.75) is 32.9 Å². The zero-order valence-electron chi connectivity index (χ0n) is 13.8. The average molecular weight is 328 g/mol. The van der Waals surface area contributed by atoms with Crippen LogP contribution in [0.5, 0.6) is 0 Å². The second-order valence-corrected chi connectivity index (χ2v) is 6.54. The van der Waals surface area contributed by atoms with Gasteiger partial charge in [0.05, 0.1) is 6.54 Å².